The predicted molar refractivity (Wildman–Crippen MR) is 93.9 cm³/mol. The molecule has 0 atom stereocenters. The Balaban J connectivity index is 1.92. The van der Waals surface area contributed by atoms with Gasteiger partial charge in [-0.1, -0.05) is 36.9 Å². The number of benzene rings is 2. The predicted octanol–water partition coefficient (Wildman–Crippen LogP) is 3.93. The molecule has 0 bridgehead atoms. The van der Waals surface area contributed by atoms with Crippen molar-refractivity contribution < 1.29 is 9.84 Å². The summed E-state index contributed by atoms with van der Waals surface area (Å²) in [5.74, 6) is 1.64. The van der Waals surface area contributed by atoms with E-state index in [2.05, 4.69) is 27.9 Å². The second-order valence-corrected chi connectivity index (χ2v) is 6.76. The van der Waals surface area contributed by atoms with Gasteiger partial charge < -0.3 is 9.84 Å². The first kappa shape index (κ1) is 15.4. The van der Waals surface area contributed by atoms with Crippen molar-refractivity contribution in [1.82, 2.24) is 15.0 Å². The highest BCUT2D eigenvalue weighted by Gasteiger charge is 2.20. The molecule has 1 N–H and O–H groups in total. The standard InChI is InChI=1S/C18H17N3O2S/c1-2-6-24-18-20-10-19-17(21-18)16-13-5-3-4-11-8-23-9-12(15(11)13)7-14(16)22/h3-5,7,10,22H,2,6,8-9H2,1H3. The molecular weight excluding hydrogens is 322 g/mol. The van der Waals surface area contributed by atoms with Gasteiger partial charge >= 0.3 is 0 Å². The first-order chi connectivity index (χ1) is 11.8. The van der Waals surface area contributed by atoms with E-state index in [-0.39, 0.29) is 5.75 Å². The van der Waals surface area contributed by atoms with Crippen LogP contribution in [0.4, 0.5) is 0 Å². The normalized spacial score (nSPS) is 13.4. The maximum absolute atomic E-state index is 10.6. The van der Waals surface area contributed by atoms with Gasteiger partial charge in [0.15, 0.2) is 11.0 Å². The van der Waals surface area contributed by atoms with Crippen molar-refractivity contribution in [1.29, 1.82) is 0 Å². The maximum atomic E-state index is 10.6. The summed E-state index contributed by atoms with van der Waals surface area (Å²) in [6.07, 6.45) is 2.57. The summed E-state index contributed by atoms with van der Waals surface area (Å²) in [4.78, 5) is 13.1. The number of phenolic OH excluding ortho intramolecular Hbond substituents is 1. The van der Waals surface area contributed by atoms with Crippen LogP contribution in [0.15, 0.2) is 35.7 Å². The Hall–Kier alpha value is -2.18. The highest BCUT2D eigenvalue weighted by molar-refractivity contribution is 7.99. The Morgan fingerprint density at radius 3 is 2.96 bits per heavy atom. The molecule has 6 heteroatoms. The molecule has 0 unspecified atom stereocenters. The van der Waals surface area contributed by atoms with Crippen LogP contribution < -0.4 is 0 Å². The molecule has 1 aromatic heterocycles. The van der Waals surface area contributed by atoms with Crippen molar-refractivity contribution >= 4 is 22.5 Å². The van der Waals surface area contributed by atoms with Crippen molar-refractivity contribution in [2.24, 2.45) is 0 Å². The highest BCUT2D eigenvalue weighted by Crippen LogP contribution is 2.40. The number of thioether (sulfide) groups is 1. The molecule has 122 valence electrons. The van der Waals surface area contributed by atoms with E-state index in [0.29, 0.717) is 29.8 Å². The van der Waals surface area contributed by atoms with E-state index in [1.165, 1.54) is 6.33 Å². The van der Waals surface area contributed by atoms with Crippen LogP contribution in [0.3, 0.4) is 0 Å². The lowest BCUT2D eigenvalue weighted by Crippen LogP contribution is -2.05. The third-order valence-electron chi connectivity index (χ3n) is 4.03. The van der Waals surface area contributed by atoms with Crippen LogP contribution in [0.1, 0.15) is 24.5 Å². The first-order valence-corrected chi connectivity index (χ1v) is 8.93. The molecule has 0 fully saturated rings. The smallest absolute Gasteiger partial charge is 0.191 e. The van der Waals surface area contributed by atoms with Crippen LogP contribution in [-0.2, 0) is 18.0 Å². The van der Waals surface area contributed by atoms with Gasteiger partial charge in [0.1, 0.15) is 12.1 Å². The number of ether oxygens (including phenoxy) is 1. The average Bonchev–Trinajstić information content (AvgIpc) is 2.60. The monoisotopic (exact) mass is 339 g/mol. The minimum Gasteiger partial charge on any atom is -0.507 e. The fourth-order valence-electron chi connectivity index (χ4n) is 3.04. The van der Waals surface area contributed by atoms with Crippen molar-refractivity contribution in [2.75, 3.05) is 5.75 Å². The van der Waals surface area contributed by atoms with E-state index in [1.54, 1.807) is 17.8 Å². The van der Waals surface area contributed by atoms with Crippen molar-refractivity contribution in [3.63, 3.8) is 0 Å². The summed E-state index contributed by atoms with van der Waals surface area (Å²) in [7, 11) is 0. The van der Waals surface area contributed by atoms with Crippen LogP contribution in [0.2, 0.25) is 0 Å². The number of aromatic hydroxyl groups is 1. The summed E-state index contributed by atoms with van der Waals surface area (Å²) in [6, 6.07) is 7.81. The molecular formula is C18H17N3O2S. The topological polar surface area (TPSA) is 68.1 Å². The van der Waals surface area contributed by atoms with Gasteiger partial charge in [0.25, 0.3) is 0 Å². The number of aromatic nitrogens is 3. The van der Waals surface area contributed by atoms with Gasteiger partial charge in [0, 0.05) is 5.75 Å². The fraction of sp³-hybridized carbons (Fsp3) is 0.278. The van der Waals surface area contributed by atoms with Crippen LogP contribution in [-0.4, -0.2) is 25.8 Å². The molecule has 4 rings (SSSR count). The Bertz CT molecular complexity index is 914. The summed E-state index contributed by atoms with van der Waals surface area (Å²) >= 11 is 1.60. The van der Waals surface area contributed by atoms with E-state index < -0.39 is 0 Å². The van der Waals surface area contributed by atoms with E-state index in [0.717, 1.165) is 34.1 Å². The molecule has 0 amide bonds. The van der Waals surface area contributed by atoms with E-state index in [4.69, 9.17) is 4.74 Å². The number of rotatable bonds is 4. The zero-order chi connectivity index (χ0) is 16.5. The number of nitrogens with zero attached hydrogens (tertiary/aromatic N) is 3. The van der Waals surface area contributed by atoms with Crippen molar-refractivity contribution in [2.45, 2.75) is 31.7 Å². The minimum absolute atomic E-state index is 0.179. The van der Waals surface area contributed by atoms with Gasteiger partial charge in [0.05, 0.1) is 18.8 Å². The Labute approximate surface area is 144 Å². The van der Waals surface area contributed by atoms with Crippen LogP contribution in [0, 0.1) is 0 Å². The second kappa shape index (κ2) is 6.37. The second-order valence-electron chi connectivity index (χ2n) is 5.70. The number of phenols is 1. The summed E-state index contributed by atoms with van der Waals surface area (Å²) in [6.45, 7) is 3.22. The maximum Gasteiger partial charge on any atom is 0.191 e. The quantitative estimate of drug-likeness (QED) is 0.726. The Morgan fingerprint density at radius 1 is 1.21 bits per heavy atom. The van der Waals surface area contributed by atoms with Gasteiger partial charge in [-0.25, -0.2) is 15.0 Å². The Morgan fingerprint density at radius 2 is 2.08 bits per heavy atom. The lowest BCUT2D eigenvalue weighted by atomic mass is 9.93. The number of hydrogen-bond acceptors (Lipinski definition) is 6. The lowest BCUT2D eigenvalue weighted by Gasteiger charge is -2.20. The molecule has 2 heterocycles. The van der Waals surface area contributed by atoms with Gasteiger partial charge in [-0.3, -0.25) is 0 Å². The molecule has 0 saturated heterocycles. The van der Waals surface area contributed by atoms with Gasteiger partial charge in [0.2, 0.25) is 0 Å². The summed E-state index contributed by atoms with van der Waals surface area (Å²) in [5.41, 5.74) is 2.80. The van der Waals surface area contributed by atoms with Gasteiger partial charge in [-0.15, -0.1) is 0 Å². The van der Waals surface area contributed by atoms with Crippen molar-refractivity contribution in [3.8, 4) is 17.1 Å². The zero-order valence-corrected chi connectivity index (χ0v) is 14.1. The molecule has 0 radical (unpaired) electrons. The van der Waals surface area contributed by atoms with Crippen LogP contribution in [0.5, 0.6) is 5.75 Å². The third kappa shape index (κ3) is 2.61. The van der Waals surface area contributed by atoms with Crippen LogP contribution in [0.25, 0.3) is 22.2 Å². The molecule has 3 aromatic rings. The molecule has 1 aliphatic heterocycles. The first-order valence-electron chi connectivity index (χ1n) is 7.94. The summed E-state index contributed by atoms with van der Waals surface area (Å²) in [5, 5.41) is 13.4. The minimum atomic E-state index is 0.179. The molecule has 0 saturated carbocycles. The number of hydrogen-bond donors (Lipinski definition) is 1. The molecule has 0 spiro atoms. The van der Waals surface area contributed by atoms with Crippen LogP contribution >= 0.6 is 11.8 Å². The van der Waals surface area contributed by atoms with E-state index in [1.807, 2.05) is 12.1 Å². The molecule has 24 heavy (non-hydrogen) atoms. The molecule has 2 aromatic carbocycles. The fourth-order valence-corrected chi connectivity index (χ4v) is 3.70. The molecule has 0 aliphatic carbocycles. The SMILES string of the molecule is CCCSc1ncnc(-c2c(O)cc3c4c(cccc24)COC3)n1. The highest BCUT2D eigenvalue weighted by atomic mass is 32.2. The Kier molecular flexibility index (Phi) is 4.08. The van der Waals surface area contributed by atoms with Crippen molar-refractivity contribution in [3.05, 3.63) is 41.7 Å². The largest absolute Gasteiger partial charge is 0.507 e. The van der Waals surface area contributed by atoms with Gasteiger partial charge in [-0.05, 0) is 34.4 Å². The van der Waals surface area contributed by atoms with E-state index >= 15 is 0 Å². The molecule has 1 aliphatic rings. The summed E-state index contributed by atoms with van der Waals surface area (Å²) < 4.78 is 5.59. The zero-order valence-electron chi connectivity index (χ0n) is 13.3. The average molecular weight is 339 g/mol. The lowest BCUT2D eigenvalue weighted by molar-refractivity contribution is 0.103. The molecule has 5 nitrogen and oxygen atoms in total. The van der Waals surface area contributed by atoms with E-state index in [9.17, 15) is 5.11 Å². The van der Waals surface area contributed by atoms with Gasteiger partial charge in [-0.2, -0.15) is 0 Å². The third-order valence-corrected chi connectivity index (χ3v) is 5.10.